The molecule has 4 rings (SSSR count). The third kappa shape index (κ3) is 7.12. The Bertz CT molecular complexity index is 1030. The lowest BCUT2D eigenvalue weighted by molar-refractivity contribution is -0.163. The van der Waals surface area contributed by atoms with Gasteiger partial charge in [0.2, 0.25) is 0 Å². The predicted octanol–water partition coefficient (Wildman–Crippen LogP) is 5.32. The molecule has 0 unspecified atom stereocenters. The van der Waals surface area contributed by atoms with Crippen LogP contribution in [0.1, 0.15) is 23.6 Å². The molecule has 0 saturated carbocycles. The summed E-state index contributed by atoms with van der Waals surface area (Å²) in [5, 5.41) is 11.1. The van der Waals surface area contributed by atoms with E-state index in [9.17, 15) is 5.11 Å². The van der Waals surface area contributed by atoms with E-state index in [0.717, 1.165) is 16.7 Å². The summed E-state index contributed by atoms with van der Waals surface area (Å²) >= 11 is 0. The maximum Gasteiger partial charge on any atom is 0.113 e. The molecular weight excluding hydrogens is 452 g/mol. The lowest BCUT2D eigenvalue weighted by atomic mass is 9.90. The van der Waals surface area contributed by atoms with Gasteiger partial charge in [-0.2, -0.15) is 0 Å². The van der Waals surface area contributed by atoms with E-state index in [1.807, 2.05) is 97.9 Å². The molecule has 3 aromatic rings. The molecule has 3 aromatic carbocycles. The molecule has 5 heteroatoms. The zero-order chi connectivity index (χ0) is 25.2. The first-order valence-corrected chi connectivity index (χ1v) is 12.5. The molecule has 36 heavy (non-hydrogen) atoms. The number of hydrogen-bond donors (Lipinski definition) is 1. The van der Waals surface area contributed by atoms with E-state index in [1.54, 1.807) is 6.08 Å². The van der Waals surface area contributed by atoms with Gasteiger partial charge >= 0.3 is 0 Å². The molecule has 0 aromatic heterocycles. The zero-order valence-electron chi connectivity index (χ0n) is 20.8. The summed E-state index contributed by atoms with van der Waals surface area (Å²) in [4.78, 5) is 0. The molecule has 5 nitrogen and oxygen atoms in total. The van der Waals surface area contributed by atoms with Gasteiger partial charge in [-0.15, -0.1) is 6.58 Å². The van der Waals surface area contributed by atoms with E-state index >= 15 is 0 Å². The summed E-state index contributed by atoms with van der Waals surface area (Å²) < 4.78 is 25.4. The number of benzene rings is 3. The Hall–Kier alpha value is -2.80. The highest BCUT2D eigenvalue weighted by Gasteiger charge is 2.45. The van der Waals surface area contributed by atoms with Crippen LogP contribution in [0.2, 0.25) is 0 Å². The Morgan fingerprint density at radius 3 is 1.72 bits per heavy atom. The average molecular weight is 489 g/mol. The van der Waals surface area contributed by atoms with Crippen LogP contribution in [0.25, 0.3) is 0 Å². The zero-order valence-corrected chi connectivity index (χ0v) is 20.8. The van der Waals surface area contributed by atoms with E-state index in [2.05, 4.69) is 6.58 Å². The fourth-order valence-electron chi connectivity index (χ4n) is 4.54. The highest BCUT2D eigenvalue weighted by atomic mass is 16.6. The van der Waals surface area contributed by atoms with E-state index in [0.29, 0.717) is 26.4 Å². The van der Waals surface area contributed by atoms with Gasteiger partial charge in [0.25, 0.3) is 0 Å². The summed E-state index contributed by atoms with van der Waals surface area (Å²) in [5.41, 5.74) is 3.20. The highest BCUT2D eigenvalue weighted by molar-refractivity contribution is 5.15. The van der Waals surface area contributed by atoms with Gasteiger partial charge in [-0.1, -0.05) is 104 Å². The summed E-state index contributed by atoms with van der Waals surface area (Å²) in [6.07, 6.45) is -1.03. The smallest absolute Gasteiger partial charge is 0.113 e. The van der Waals surface area contributed by atoms with Crippen LogP contribution in [0.4, 0.5) is 0 Å². The van der Waals surface area contributed by atoms with Gasteiger partial charge in [-0.25, -0.2) is 0 Å². The first kappa shape index (κ1) is 26.3. The average Bonchev–Trinajstić information content (AvgIpc) is 3.02. The van der Waals surface area contributed by atoms with Crippen molar-refractivity contribution < 1.29 is 24.1 Å². The third-order valence-electron chi connectivity index (χ3n) is 6.61. The van der Waals surface area contributed by atoms with Gasteiger partial charge in [-0.05, 0) is 16.7 Å². The lowest BCUT2D eigenvalue weighted by Gasteiger charge is -2.34. The second kappa shape index (κ2) is 13.5. The summed E-state index contributed by atoms with van der Waals surface area (Å²) in [7, 11) is 0. The normalized spacial score (nSPS) is 26.3. The van der Waals surface area contributed by atoms with Crippen LogP contribution in [0.5, 0.6) is 0 Å². The molecule has 0 bridgehead atoms. The van der Waals surface area contributed by atoms with Crippen molar-refractivity contribution in [2.75, 3.05) is 6.61 Å². The SMILES string of the molecule is C=C[C@@H]1O[C@H](COCc2ccccc2)[C@@H](OCc2ccccc2)[C@@H](OCc2ccccc2)[C@H](C)[C@H]1O. The topological polar surface area (TPSA) is 57.2 Å². The van der Waals surface area contributed by atoms with Crippen molar-refractivity contribution in [3.8, 4) is 0 Å². The van der Waals surface area contributed by atoms with Gasteiger partial charge in [0.1, 0.15) is 18.3 Å². The van der Waals surface area contributed by atoms with Gasteiger partial charge < -0.3 is 24.1 Å². The minimum absolute atomic E-state index is 0.253. The first-order chi connectivity index (χ1) is 17.7. The molecule has 1 N–H and O–H groups in total. The van der Waals surface area contributed by atoms with E-state index in [1.165, 1.54) is 0 Å². The second-order valence-electron chi connectivity index (χ2n) is 9.25. The molecule has 6 atom stereocenters. The summed E-state index contributed by atoms with van der Waals surface area (Å²) in [6, 6.07) is 30.1. The largest absolute Gasteiger partial charge is 0.390 e. The Balaban J connectivity index is 1.56. The van der Waals surface area contributed by atoms with Crippen molar-refractivity contribution >= 4 is 0 Å². The summed E-state index contributed by atoms with van der Waals surface area (Å²) in [6.45, 7) is 7.44. The monoisotopic (exact) mass is 488 g/mol. The van der Waals surface area contributed by atoms with Gasteiger partial charge in [0, 0.05) is 5.92 Å². The van der Waals surface area contributed by atoms with Gasteiger partial charge in [0.15, 0.2) is 0 Å². The van der Waals surface area contributed by atoms with Crippen LogP contribution in [0.3, 0.4) is 0 Å². The maximum atomic E-state index is 11.1. The van der Waals surface area contributed by atoms with Crippen LogP contribution >= 0.6 is 0 Å². The molecule has 1 saturated heterocycles. The molecular formula is C31H36O5. The first-order valence-electron chi connectivity index (χ1n) is 12.5. The number of hydrogen-bond acceptors (Lipinski definition) is 5. The molecule has 0 aliphatic carbocycles. The standard InChI is InChI=1S/C31H36O5/c1-3-27-29(32)23(2)30(34-20-25-15-9-5-10-16-25)31(35-21-26-17-11-6-12-18-26)28(36-27)22-33-19-24-13-7-4-8-14-24/h3-18,23,27-32H,1,19-22H2,2H3/t23-,27+,28-,29-,30+,31-/m1/s1. The van der Waals surface area contributed by atoms with Crippen LogP contribution in [0.15, 0.2) is 104 Å². The van der Waals surface area contributed by atoms with Crippen LogP contribution in [-0.4, -0.2) is 42.2 Å². The van der Waals surface area contributed by atoms with Crippen LogP contribution in [-0.2, 0) is 38.8 Å². The van der Waals surface area contributed by atoms with E-state index in [-0.39, 0.29) is 5.92 Å². The Kier molecular flexibility index (Phi) is 9.84. The Morgan fingerprint density at radius 2 is 1.22 bits per heavy atom. The van der Waals surface area contributed by atoms with Crippen molar-refractivity contribution in [3.05, 3.63) is 120 Å². The molecule has 0 spiro atoms. The van der Waals surface area contributed by atoms with E-state index in [4.69, 9.17) is 18.9 Å². The fourth-order valence-corrected chi connectivity index (χ4v) is 4.54. The second-order valence-corrected chi connectivity index (χ2v) is 9.25. The number of aliphatic hydroxyl groups is 1. The van der Waals surface area contributed by atoms with Crippen molar-refractivity contribution in [2.24, 2.45) is 5.92 Å². The van der Waals surface area contributed by atoms with Crippen molar-refractivity contribution in [1.82, 2.24) is 0 Å². The quantitative estimate of drug-likeness (QED) is 0.370. The van der Waals surface area contributed by atoms with Crippen molar-refractivity contribution in [1.29, 1.82) is 0 Å². The molecule has 0 radical (unpaired) electrons. The minimum Gasteiger partial charge on any atom is -0.390 e. The Labute approximate surface area is 214 Å². The molecule has 1 fully saturated rings. The van der Waals surface area contributed by atoms with Gasteiger partial charge in [0.05, 0.1) is 38.6 Å². The molecule has 1 aliphatic heterocycles. The minimum atomic E-state index is -0.787. The predicted molar refractivity (Wildman–Crippen MR) is 140 cm³/mol. The van der Waals surface area contributed by atoms with Gasteiger partial charge in [-0.3, -0.25) is 0 Å². The molecule has 190 valence electrons. The Morgan fingerprint density at radius 1 is 0.750 bits per heavy atom. The number of ether oxygens (including phenoxy) is 4. The van der Waals surface area contributed by atoms with Crippen LogP contribution < -0.4 is 0 Å². The van der Waals surface area contributed by atoms with E-state index < -0.39 is 30.5 Å². The summed E-state index contributed by atoms with van der Waals surface area (Å²) in [5.74, 6) is -0.253. The molecule has 1 heterocycles. The lowest BCUT2D eigenvalue weighted by Crippen LogP contribution is -2.46. The highest BCUT2D eigenvalue weighted by Crippen LogP contribution is 2.31. The van der Waals surface area contributed by atoms with Crippen LogP contribution in [0, 0.1) is 5.92 Å². The van der Waals surface area contributed by atoms with Crippen molar-refractivity contribution in [2.45, 2.75) is 57.3 Å². The van der Waals surface area contributed by atoms with Crippen molar-refractivity contribution in [3.63, 3.8) is 0 Å². The molecule has 1 aliphatic rings. The molecule has 0 amide bonds. The number of rotatable bonds is 11. The third-order valence-corrected chi connectivity index (χ3v) is 6.61. The fraction of sp³-hybridized carbons (Fsp3) is 0.355. The maximum absolute atomic E-state index is 11.1. The number of aliphatic hydroxyl groups excluding tert-OH is 1.